The monoisotopic (exact) mass is 473 g/mol. The summed E-state index contributed by atoms with van der Waals surface area (Å²) in [4.78, 5) is 12.9. The largest absolute Gasteiger partial charge is 1.00 e. The summed E-state index contributed by atoms with van der Waals surface area (Å²) in [6.45, 7) is -0.0373. The predicted molar refractivity (Wildman–Crippen MR) is 116 cm³/mol. The van der Waals surface area contributed by atoms with Gasteiger partial charge >= 0.3 is 29.6 Å². The molecule has 0 aliphatic heterocycles. The molecule has 0 aliphatic carbocycles. The van der Waals surface area contributed by atoms with Gasteiger partial charge in [0.25, 0.3) is 10.4 Å². The Morgan fingerprint density at radius 1 is 1.19 bits per heavy atom. The summed E-state index contributed by atoms with van der Waals surface area (Å²) in [6.07, 6.45) is 1.26. The van der Waals surface area contributed by atoms with Gasteiger partial charge in [0.2, 0.25) is 5.43 Å². The van der Waals surface area contributed by atoms with Gasteiger partial charge in [-0.25, -0.2) is 8.42 Å². The zero-order chi connectivity index (χ0) is 21.0. The Morgan fingerprint density at radius 3 is 2.41 bits per heavy atom. The fourth-order valence-electron chi connectivity index (χ4n) is 2.62. The topological polar surface area (TPSA) is 154 Å². The molecule has 0 atom stereocenters. The van der Waals surface area contributed by atoms with Crippen LogP contribution in [0.1, 0.15) is 20.4 Å². The second-order valence-electron chi connectivity index (χ2n) is 5.88. The molecule has 0 fully saturated rings. The Balaban J connectivity index is 0.00000320. The minimum Gasteiger partial charge on any atom is -0.716 e. The molecule has 0 spiro atoms. The van der Waals surface area contributed by atoms with Crippen LogP contribution < -0.4 is 44.5 Å². The van der Waals surface area contributed by atoms with E-state index < -0.39 is 10.4 Å². The first-order valence-electron chi connectivity index (χ1n) is 8.29. The smallest absolute Gasteiger partial charge is 0.716 e. The molecule has 0 amide bonds. The molecule has 3 rings (SSSR count). The van der Waals surface area contributed by atoms with Gasteiger partial charge in [0.15, 0.2) is 0 Å². The molecule has 12 heteroatoms. The molecule has 168 valence electrons. The minimum atomic E-state index is -4.89. The van der Waals surface area contributed by atoms with Crippen LogP contribution in [0.4, 0.5) is 5.69 Å². The van der Waals surface area contributed by atoms with E-state index >= 15 is 0 Å². The van der Waals surface area contributed by atoms with Crippen LogP contribution in [0.5, 0.6) is 5.75 Å². The van der Waals surface area contributed by atoms with Crippen LogP contribution in [0, 0.1) is 0 Å². The van der Waals surface area contributed by atoms with Crippen molar-refractivity contribution in [2.24, 2.45) is 10.2 Å². The summed E-state index contributed by atoms with van der Waals surface area (Å²) >= 11 is 0. The molecule has 2 aromatic carbocycles. The molecule has 0 bridgehead atoms. The van der Waals surface area contributed by atoms with Crippen LogP contribution in [0.3, 0.4) is 0 Å². The van der Waals surface area contributed by atoms with Gasteiger partial charge < -0.3 is 18.3 Å². The second kappa shape index (κ2) is 12.8. The maximum absolute atomic E-state index is 12.9. The number of nitrogens with one attached hydrogen (secondary N) is 1. The number of benzene rings is 2. The first-order chi connectivity index (χ1) is 13.8. The van der Waals surface area contributed by atoms with E-state index in [1.165, 1.54) is 42.7 Å². The van der Waals surface area contributed by atoms with Crippen LogP contribution in [0.2, 0.25) is 0 Å². The summed E-state index contributed by atoms with van der Waals surface area (Å²) < 4.78 is 41.7. The van der Waals surface area contributed by atoms with E-state index in [9.17, 15) is 22.9 Å². The van der Waals surface area contributed by atoms with Crippen LogP contribution in [-0.4, -0.2) is 31.8 Å². The molecule has 1 heterocycles. The molecule has 0 saturated carbocycles. The Hall–Kier alpha value is -2.12. The molecular weight excluding hydrogens is 449 g/mol. The fourth-order valence-corrected chi connectivity index (χ4v) is 2.96. The molecule has 2 N–H and O–H groups in total. The van der Waals surface area contributed by atoms with Crippen molar-refractivity contribution in [1.82, 2.24) is 5.32 Å². The Morgan fingerprint density at radius 2 is 1.84 bits per heavy atom. The van der Waals surface area contributed by atoms with Gasteiger partial charge in [0, 0.05) is 5.56 Å². The average molecular weight is 473 g/mol. The molecule has 10 nitrogen and oxygen atoms in total. The molecule has 0 radical (unpaired) electrons. The number of aliphatic hydroxyl groups excluding tert-OH is 1. The van der Waals surface area contributed by atoms with Crippen molar-refractivity contribution in [3.05, 3.63) is 58.4 Å². The van der Waals surface area contributed by atoms with Crippen molar-refractivity contribution in [3.63, 3.8) is 0 Å². The van der Waals surface area contributed by atoms with E-state index in [4.69, 9.17) is 4.42 Å². The van der Waals surface area contributed by atoms with Crippen molar-refractivity contribution >= 4 is 27.1 Å². The standard InChI is InChI=1S/C18H17N3O7S.2CH4.Na/c1-19-10-20-21-16-7-14-17(6-12(16)8-22)27-9-15(18(14)23)11-2-4-13(5-3-11)28-29(24,25)26;;;/h2-7,9,19,22H,8,10H2,1H3,(H,24,25,26);2*1H4;/q;;;+1/p-1. The van der Waals surface area contributed by atoms with Gasteiger partial charge in [-0.1, -0.05) is 27.0 Å². The third kappa shape index (κ3) is 7.20. The SMILES string of the molecule is C.C.CNCN=Nc1cc2c(=O)c(-c3ccc(OS(=O)(=O)[O-])cc3)coc2cc1CO.[Na+]. The average Bonchev–Trinajstić information content (AvgIpc) is 2.68. The quantitative estimate of drug-likeness (QED) is 0.215. The van der Waals surface area contributed by atoms with E-state index in [1.807, 2.05) is 0 Å². The number of hydrogen-bond acceptors (Lipinski definition) is 10. The van der Waals surface area contributed by atoms with Gasteiger partial charge in [-0.2, -0.15) is 10.2 Å². The van der Waals surface area contributed by atoms with Gasteiger partial charge in [0.05, 0.1) is 23.2 Å². The summed E-state index contributed by atoms with van der Waals surface area (Å²) in [5.74, 6) is -0.172. The normalized spacial score (nSPS) is 10.8. The zero-order valence-electron chi connectivity index (χ0n) is 16.2. The number of nitrogens with zero attached hydrogens (tertiary/aromatic N) is 2. The summed E-state index contributed by atoms with van der Waals surface area (Å²) in [5, 5.41) is 20.5. The van der Waals surface area contributed by atoms with Crippen molar-refractivity contribution in [2.45, 2.75) is 21.5 Å². The van der Waals surface area contributed by atoms with Crippen molar-refractivity contribution < 1.29 is 56.2 Å². The predicted octanol–water partition coefficient (Wildman–Crippen LogP) is 0.328. The van der Waals surface area contributed by atoms with Crippen LogP contribution >= 0.6 is 0 Å². The van der Waals surface area contributed by atoms with Crippen LogP contribution in [-0.2, 0) is 17.0 Å². The second-order valence-corrected chi connectivity index (χ2v) is 6.87. The maximum Gasteiger partial charge on any atom is 1.00 e. The first kappa shape index (κ1) is 29.9. The van der Waals surface area contributed by atoms with E-state index in [0.29, 0.717) is 16.8 Å². The summed E-state index contributed by atoms with van der Waals surface area (Å²) in [7, 11) is -3.18. The molecule has 0 saturated heterocycles. The Kier molecular flexibility index (Phi) is 12.0. The minimum absolute atomic E-state index is 0. The van der Waals surface area contributed by atoms with Crippen molar-refractivity contribution in [2.75, 3.05) is 13.7 Å². The molecular formula is C20H24N3NaO7S. The number of aliphatic hydroxyl groups is 1. The fraction of sp³-hybridized carbons (Fsp3) is 0.250. The van der Waals surface area contributed by atoms with Gasteiger partial charge in [-0.15, -0.1) is 0 Å². The number of azo groups is 1. The molecule has 1 aromatic heterocycles. The summed E-state index contributed by atoms with van der Waals surface area (Å²) in [5.41, 5.74) is 1.35. The zero-order valence-corrected chi connectivity index (χ0v) is 19.0. The van der Waals surface area contributed by atoms with Crippen LogP contribution in [0.25, 0.3) is 22.1 Å². The molecule has 0 aliphatic rings. The van der Waals surface area contributed by atoms with Crippen LogP contribution in [0.15, 0.2) is 62.1 Å². The van der Waals surface area contributed by atoms with E-state index in [1.54, 1.807) is 7.05 Å². The van der Waals surface area contributed by atoms with E-state index in [2.05, 4.69) is 19.7 Å². The van der Waals surface area contributed by atoms with E-state index in [0.717, 1.165) is 0 Å². The van der Waals surface area contributed by atoms with Gasteiger partial charge in [-0.05, 0) is 36.9 Å². The Bertz CT molecular complexity index is 1230. The first-order valence-corrected chi connectivity index (χ1v) is 9.63. The van der Waals surface area contributed by atoms with Gasteiger partial charge in [0.1, 0.15) is 24.3 Å². The maximum atomic E-state index is 12.9. The van der Waals surface area contributed by atoms with Crippen molar-refractivity contribution in [1.29, 1.82) is 0 Å². The molecule has 0 unspecified atom stereocenters. The van der Waals surface area contributed by atoms with E-state index in [-0.39, 0.29) is 85.4 Å². The third-order valence-corrected chi connectivity index (χ3v) is 4.31. The number of fused-ring (bicyclic) bond motifs is 1. The third-order valence-electron chi connectivity index (χ3n) is 3.92. The number of hydrogen-bond donors (Lipinski definition) is 2. The summed E-state index contributed by atoms with van der Waals surface area (Å²) in [6, 6.07) is 8.35. The van der Waals surface area contributed by atoms with Gasteiger partial charge in [-0.3, -0.25) is 10.1 Å². The Labute approximate surface area is 208 Å². The van der Waals surface area contributed by atoms with Crippen molar-refractivity contribution in [3.8, 4) is 16.9 Å². The number of rotatable bonds is 7. The molecule has 3 aromatic rings. The molecule has 32 heavy (non-hydrogen) atoms.